The predicted molar refractivity (Wildman–Crippen MR) is 111 cm³/mol. The molecule has 0 aliphatic heterocycles. The van der Waals surface area contributed by atoms with Crippen molar-refractivity contribution in [3.8, 4) is 11.5 Å². The molecule has 28 heavy (non-hydrogen) atoms. The maximum Gasteiger partial charge on any atom is 0.255 e. The minimum atomic E-state index is -0.238. The molecule has 0 saturated carbocycles. The SMILES string of the molecule is COc1ccc(OCCNc2ccc(NC(=O)c3cccc(Cl)c3)cn2)cc1. The average molecular weight is 398 g/mol. The molecule has 0 saturated heterocycles. The Morgan fingerprint density at radius 3 is 2.54 bits per heavy atom. The van der Waals surface area contributed by atoms with Gasteiger partial charge >= 0.3 is 0 Å². The quantitative estimate of drug-likeness (QED) is 0.548. The van der Waals surface area contributed by atoms with Crippen LogP contribution in [0.5, 0.6) is 11.5 Å². The molecule has 0 unspecified atom stereocenters. The van der Waals surface area contributed by atoms with Gasteiger partial charge in [-0.15, -0.1) is 0 Å². The minimum absolute atomic E-state index is 0.238. The van der Waals surface area contributed by atoms with Crippen LogP contribution in [0, 0.1) is 0 Å². The maximum atomic E-state index is 12.2. The second kappa shape index (κ2) is 9.62. The summed E-state index contributed by atoms with van der Waals surface area (Å²) in [5.41, 5.74) is 1.09. The molecule has 1 aromatic heterocycles. The highest BCUT2D eigenvalue weighted by Gasteiger charge is 2.06. The Balaban J connectivity index is 1.44. The number of benzene rings is 2. The third kappa shape index (κ3) is 5.62. The summed E-state index contributed by atoms with van der Waals surface area (Å²) in [6.45, 7) is 1.08. The van der Waals surface area contributed by atoms with Crippen molar-refractivity contribution in [1.29, 1.82) is 0 Å². The van der Waals surface area contributed by atoms with Gasteiger partial charge in [-0.25, -0.2) is 4.98 Å². The van der Waals surface area contributed by atoms with E-state index in [4.69, 9.17) is 21.1 Å². The molecule has 0 bridgehead atoms. The molecule has 0 fully saturated rings. The van der Waals surface area contributed by atoms with Gasteiger partial charge in [-0.3, -0.25) is 4.79 Å². The van der Waals surface area contributed by atoms with E-state index >= 15 is 0 Å². The van der Waals surface area contributed by atoms with Crippen LogP contribution in [-0.2, 0) is 0 Å². The molecule has 0 aliphatic rings. The van der Waals surface area contributed by atoms with Gasteiger partial charge in [0.15, 0.2) is 0 Å². The number of halogens is 1. The number of hydrogen-bond acceptors (Lipinski definition) is 5. The number of methoxy groups -OCH3 is 1. The number of rotatable bonds is 8. The van der Waals surface area contributed by atoms with Gasteiger partial charge in [0.25, 0.3) is 5.91 Å². The fourth-order valence-electron chi connectivity index (χ4n) is 2.43. The van der Waals surface area contributed by atoms with Crippen LogP contribution in [0.2, 0.25) is 5.02 Å². The molecule has 2 N–H and O–H groups in total. The highest BCUT2D eigenvalue weighted by molar-refractivity contribution is 6.31. The van der Waals surface area contributed by atoms with Gasteiger partial charge in [0.2, 0.25) is 0 Å². The number of amides is 1. The predicted octanol–water partition coefficient (Wildman–Crippen LogP) is 4.49. The Kier molecular flexibility index (Phi) is 6.70. The first-order valence-corrected chi connectivity index (χ1v) is 9.05. The van der Waals surface area contributed by atoms with Crippen molar-refractivity contribution in [2.75, 3.05) is 30.9 Å². The van der Waals surface area contributed by atoms with Crippen molar-refractivity contribution in [3.63, 3.8) is 0 Å². The molecule has 3 rings (SSSR count). The third-order valence-corrected chi connectivity index (χ3v) is 4.08. The first kappa shape index (κ1) is 19.5. The molecule has 7 heteroatoms. The number of hydrogen-bond donors (Lipinski definition) is 2. The van der Waals surface area contributed by atoms with E-state index < -0.39 is 0 Å². The van der Waals surface area contributed by atoms with Gasteiger partial charge in [0.05, 0.1) is 25.5 Å². The first-order valence-electron chi connectivity index (χ1n) is 8.68. The zero-order valence-electron chi connectivity index (χ0n) is 15.3. The lowest BCUT2D eigenvalue weighted by molar-refractivity contribution is 0.102. The van der Waals surface area contributed by atoms with Crippen molar-refractivity contribution >= 4 is 29.0 Å². The minimum Gasteiger partial charge on any atom is -0.497 e. The van der Waals surface area contributed by atoms with E-state index in [1.54, 1.807) is 49.7 Å². The van der Waals surface area contributed by atoms with E-state index in [0.29, 0.717) is 35.2 Å². The molecule has 1 amide bonds. The van der Waals surface area contributed by atoms with E-state index in [9.17, 15) is 4.79 Å². The summed E-state index contributed by atoms with van der Waals surface area (Å²) in [6.07, 6.45) is 1.59. The molecular formula is C21H20ClN3O3. The number of aromatic nitrogens is 1. The maximum absolute atomic E-state index is 12.2. The summed E-state index contributed by atoms with van der Waals surface area (Å²) in [5.74, 6) is 2.02. The Bertz CT molecular complexity index is 915. The highest BCUT2D eigenvalue weighted by atomic mass is 35.5. The van der Waals surface area contributed by atoms with Crippen molar-refractivity contribution in [3.05, 3.63) is 77.4 Å². The van der Waals surface area contributed by atoms with Gasteiger partial charge in [0, 0.05) is 10.6 Å². The Hall–Kier alpha value is -3.25. The molecule has 0 atom stereocenters. The second-order valence-electron chi connectivity index (χ2n) is 5.85. The summed E-state index contributed by atoms with van der Waals surface area (Å²) in [6, 6.07) is 17.7. The van der Waals surface area contributed by atoms with Crippen LogP contribution in [0.4, 0.5) is 11.5 Å². The van der Waals surface area contributed by atoms with Crippen LogP contribution in [-0.4, -0.2) is 31.2 Å². The lowest BCUT2D eigenvalue weighted by Crippen LogP contribution is -2.13. The van der Waals surface area contributed by atoms with Crippen LogP contribution in [0.25, 0.3) is 0 Å². The van der Waals surface area contributed by atoms with Gasteiger partial charge in [0.1, 0.15) is 23.9 Å². The molecule has 1 heterocycles. The molecule has 144 valence electrons. The van der Waals surface area contributed by atoms with Crippen molar-refractivity contribution < 1.29 is 14.3 Å². The number of anilines is 2. The fraction of sp³-hybridized carbons (Fsp3) is 0.143. The largest absolute Gasteiger partial charge is 0.497 e. The van der Waals surface area contributed by atoms with E-state index in [2.05, 4.69) is 15.6 Å². The zero-order chi connectivity index (χ0) is 19.8. The highest BCUT2D eigenvalue weighted by Crippen LogP contribution is 2.17. The number of ether oxygens (including phenoxy) is 2. The van der Waals surface area contributed by atoms with Crippen molar-refractivity contribution in [2.45, 2.75) is 0 Å². The Morgan fingerprint density at radius 2 is 1.86 bits per heavy atom. The van der Waals surface area contributed by atoms with Crippen LogP contribution in [0.3, 0.4) is 0 Å². The zero-order valence-corrected chi connectivity index (χ0v) is 16.1. The number of pyridine rings is 1. The van der Waals surface area contributed by atoms with Gasteiger partial charge in [-0.2, -0.15) is 0 Å². The van der Waals surface area contributed by atoms with E-state index in [-0.39, 0.29) is 5.91 Å². The average Bonchev–Trinajstić information content (AvgIpc) is 2.73. The molecule has 0 spiro atoms. The van der Waals surface area contributed by atoms with Gasteiger partial charge < -0.3 is 20.1 Å². The Morgan fingerprint density at radius 1 is 1.07 bits per heavy atom. The Labute approximate surface area is 168 Å². The van der Waals surface area contributed by atoms with Gasteiger partial charge in [-0.05, 0) is 54.6 Å². The number of nitrogens with one attached hydrogen (secondary N) is 2. The van der Waals surface area contributed by atoms with Crippen molar-refractivity contribution in [1.82, 2.24) is 4.98 Å². The molecule has 2 aromatic carbocycles. The lowest BCUT2D eigenvalue weighted by atomic mass is 10.2. The topological polar surface area (TPSA) is 72.5 Å². The summed E-state index contributed by atoms with van der Waals surface area (Å²) in [7, 11) is 1.63. The molecule has 3 aromatic rings. The van der Waals surface area contributed by atoms with Gasteiger partial charge in [-0.1, -0.05) is 17.7 Å². The number of carbonyl (C=O) groups is 1. The van der Waals surface area contributed by atoms with Crippen LogP contribution >= 0.6 is 11.6 Å². The van der Waals surface area contributed by atoms with Crippen LogP contribution in [0.15, 0.2) is 66.9 Å². The number of carbonyl (C=O) groups excluding carboxylic acids is 1. The third-order valence-electron chi connectivity index (χ3n) is 3.84. The summed E-state index contributed by atoms with van der Waals surface area (Å²) < 4.78 is 10.8. The summed E-state index contributed by atoms with van der Waals surface area (Å²) >= 11 is 5.91. The van der Waals surface area contributed by atoms with Crippen molar-refractivity contribution in [2.24, 2.45) is 0 Å². The number of nitrogens with zero attached hydrogens (tertiary/aromatic N) is 1. The van der Waals surface area contributed by atoms with Crippen LogP contribution in [0.1, 0.15) is 10.4 Å². The fourth-order valence-corrected chi connectivity index (χ4v) is 2.62. The lowest BCUT2D eigenvalue weighted by Gasteiger charge is -2.09. The normalized spacial score (nSPS) is 10.2. The molecular weight excluding hydrogens is 378 g/mol. The van der Waals surface area contributed by atoms with E-state index in [1.807, 2.05) is 24.3 Å². The molecule has 0 aliphatic carbocycles. The summed E-state index contributed by atoms with van der Waals surface area (Å²) in [5, 5.41) is 6.47. The standard InChI is InChI=1S/C21H20ClN3O3/c1-27-18-6-8-19(9-7-18)28-12-11-23-20-10-5-17(14-24-20)25-21(26)15-3-2-4-16(22)13-15/h2-10,13-14H,11-12H2,1H3,(H,23,24)(H,25,26). The first-order chi connectivity index (χ1) is 13.6. The van der Waals surface area contributed by atoms with Crippen LogP contribution < -0.4 is 20.1 Å². The molecule has 6 nitrogen and oxygen atoms in total. The van der Waals surface area contributed by atoms with E-state index in [0.717, 1.165) is 11.5 Å². The smallest absolute Gasteiger partial charge is 0.255 e. The second-order valence-corrected chi connectivity index (χ2v) is 6.28. The molecule has 0 radical (unpaired) electrons. The summed E-state index contributed by atoms with van der Waals surface area (Å²) in [4.78, 5) is 16.5. The monoisotopic (exact) mass is 397 g/mol. The van der Waals surface area contributed by atoms with E-state index in [1.165, 1.54) is 0 Å².